The summed E-state index contributed by atoms with van der Waals surface area (Å²) in [7, 11) is 7.61. The number of hydrogen-bond donors (Lipinski definition) is 1. The van der Waals surface area contributed by atoms with Crippen LogP contribution in [0, 0.1) is 0 Å². The van der Waals surface area contributed by atoms with E-state index in [1.807, 2.05) is 82.3 Å². The summed E-state index contributed by atoms with van der Waals surface area (Å²) in [5.41, 5.74) is 6.44. The normalized spacial score (nSPS) is 11.0. The number of ether oxygens (including phenoxy) is 1. The van der Waals surface area contributed by atoms with Gasteiger partial charge >= 0.3 is 0 Å². The summed E-state index contributed by atoms with van der Waals surface area (Å²) in [5, 5.41) is 7.77. The van der Waals surface area contributed by atoms with Gasteiger partial charge in [-0.15, -0.1) is 0 Å². The topological polar surface area (TPSA) is 72.5 Å². The third kappa shape index (κ3) is 3.98. The van der Waals surface area contributed by atoms with Gasteiger partial charge in [0.2, 0.25) is 0 Å². The molecule has 2 aromatic carbocycles. The average molecular weight is 440 g/mol. The molecule has 0 aliphatic rings. The molecule has 0 spiro atoms. The van der Waals surface area contributed by atoms with E-state index in [1.54, 1.807) is 11.8 Å². The third-order valence-corrected chi connectivity index (χ3v) is 5.48. The highest BCUT2D eigenvalue weighted by Gasteiger charge is 2.16. The maximum atomic E-state index is 5.41. The fraction of sp³-hybridized carbons (Fsp3) is 0.160. The molecule has 0 radical (unpaired) electrons. The second kappa shape index (κ2) is 8.31. The van der Waals surface area contributed by atoms with Crippen molar-refractivity contribution in [2.24, 2.45) is 7.05 Å². The third-order valence-electron chi connectivity index (χ3n) is 5.48. The lowest BCUT2D eigenvalue weighted by Crippen LogP contribution is -2.08. The Kier molecular flexibility index (Phi) is 5.18. The van der Waals surface area contributed by atoms with E-state index in [0.717, 1.165) is 45.3 Å². The maximum Gasteiger partial charge on any atom is 0.181 e. The second-order valence-corrected chi connectivity index (χ2v) is 8.02. The van der Waals surface area contributed by atoms with Crippen LogP contribution in [0.4, 0.5) is 17.2 Å². The molecule has 8 heteroatoms. The molecule has 0 aliphatic heterocycles. The van der Waals surface area contributed by atoms with E-state index in [-0.39, 0.29) is 0 Å². The molecule has 5 aromatic rings. The molecule has 0 saturated heterocycles. The number of aromatic nitrogens is 5. The van der Waals surface area contributed by atoms with Gasteiger partial charge in [0.05, 0.1) is 30.9 Å². The van der Waals surface area contributed by atoms with Crippen LogP contribution in [0.15, 0.2) is 73.3 Å². The number of imidazole rings is 1. The Hall–Kier alpha value is -4.33. The smallest absolute Gasteiger partial charge is 0.181 e. The molecule has 3 aromatic heterocycles. The van der Waals surface area contributed by atoms with Crippen LogP contribution in [-0.2, 0) is 7.05 Å². The largest absolute Gasteiger partial charge is 0.497 e. The fourth-order valence-corrected chi connectivity index (χ4v) is 3.75. The van der Waals surface area contributed by atoms with Crippen LogP contribution in [0.5, 0.6) is 5.75 Å². The molecule has 0 aliphatic carbocycles. The highest BCUT2D eigenvalue weighted by Crippen LogP contribution is 2.30. The number of rotatable bonds is 6. The van der Waals surface area contributed by atoms with Crippen molar-refractivity contribution in [2.75, 3.05) is 31.4 Å². The molecule has 0 fully saturated rings. The summed E-state index contributed by atoms with van der Waals surface area (Å²) in [4.78, 5) is 11.7. The lowest BCUT2D eigenvalue weighted by atomic mass is 10.1. The van der Waals surface area contributed by atoms with Crippen LogP contribution in [-0.4, -0.2) is 45.4 Å². The van der Waals surface area contributed by atoms with Crippen molar-refractivity contribution in [2.45, 2.75) is 0 Å². The lowest BCUT2D eigenvalue weighted by Gasteiger charge is -2.14. The Morgan fingerprint density at radius 3 is 2.58 bits per heavy atom. The first-order valence-electron chi connectivity index (χ1n) is 10.6. The monoisotopic (exact) mass is 439 g/mol. The van der Waals surface area contributed by atoms with Gasteiger partial charge in [0.25, 0.3) is 0 Å². The fourth-order valence-electron chi connectivity index (χ4n) is 3.75. The van der Waals surface area contributed by atoms with Gasteiger partial charge in [-0.3, -0.25) is 9.08 Å². The molecule has 5 rings (SSSR count). The van der Waals surface area contributed by atoms with E-state index in [1.165, 1.54) is 0 Å². The molecule has 8 nitrogen and oxygen atoms in total. The number of aryl methyl sites for hydroxylation is 1. The minimum absolute atomic E-state index is 0.674. The molecule has 166 valence electrons. The summed E-state index contributed by atoms with van der Waals surface area (Å²) in [5.74, 6) is 1.46. The molecule has 0 amide bonds. The van der Waals surface area contributed by atoms with Gasteiger partial charge in [-0.2, -0.15) is 5.10 Å². The van der Waals surface area contributed by atoms with Crippen LogP contribution in [0.2, 0.25) is 0 Å². The second-order valence-electron chi connectivity index (χ2n) is 8.02. The van der Waals surface area contributed by atoms with Crippen LogP contribution in [0.3, 0.4) is 0 Å². The molecular formula is C25H25N7O. The lowest BCUT2D eigenvalue weighted by molar-refractivity contribution is 0.415. The van der Waals surface area contributed by atoms with Gasteiger partial charge in [0.1, 0.15) is 5.75 Å². The summed E-state index contributed by atoms with van der Waals surface area (Å²) >= 11 is 0. The first kappa shape index (κ1) is 20.6. The standard InChI is InChI=1S/C25H25N7O/c1-30(2)20-9-6-8-19(12-20)28-24-25-29-22(17-7-5-10-21(11-17)33-4)16-32(25)23(14-26-24)18-13-27-31(3)15-18/h5-16H,1-4H3,(H,26,28). The van der Waals surface area contributed by atoms with E-state index in [4.69, 9.17) is 14.7 Å². The number of hydrogen-bond acceptors (Lipinski definition) is 6. The quantitative estimate of drug-likeness (QED) is 0.416. The molecule has 0 unspecified atom stereocenters. The van der Waals surface area contributed by atoms with Gasteiger partial charge in [0, 0.05) is 56.0 Å². The van der Waals surface area contributed by atoms with Crippen LogP contribution < -0.4 is 15.0 Å². The predicted octanol–water partition coefficient (Wildman–Crippen LogP) is 4.62. The molecular weight excluding hydrogens is 414 g/mol. The van der Waals surface area contributed by atoms with Gasteiger partial charge < -0.3 is 15.0 Å². The number of nitrogens with zero attached hydrogens (tertiary/aromatic N) is 6. The molecule has 3 heterocycles. The molecule has 0 atom stereocenters. The molecule has 0 bridgehead atoms. The number of anilines is 3. The van der Waals surface area contributed by atoms with Crippen molar-refractivity contribution in [1.82, 2.24) is 24.1 Å². The number of benzene rings is 2. The van der Waals surface area contributed by atoms with E-state index in [2.05, 4.69) is 31.8 Å². The van der Waals surface area contributed by atoms with E-state index >= 15 is 0 Å². The maximum absolute atomic E-state index is 5.41. The SMILES string of the molecule is COc1cccc(-c2cn3c(-c4cnn(C)c4)cnc(Nc4cccc(N(C)C)c4)c3n2)c1. The van der Waals surface area contributed by atoms with Gasteiger partial charge in [-0.25, -0.2) is 9.97 Å². The number of fused-ring (bicyclic) bond motifs is 1. The summed E-state index contributed by atoms with van der Waals surface area (Å²) in [6, 6.07) is 16.1. The first-order valence-corrected chi connectivity index (χ1v) is 10.6. The number of methoxy groups -OCH3 is 1. The minimum Gasteiger partial charge on any atom is -0.497 e. The van der Waals surface area contributed by atoms with Crippen LogP contribution in [0.1, 0.15) is 0 Å². The summed E-state index contributed by atoms with van der Waals surface area (Å²) in [6.07, 6.45) is 7.67. The zero-order valence-corrected chi connectivity index (χ0v) is 19.0. The molecule has 1 N–H and O–H groups in total. The van der Waals surface area contributed by atoms with Crippen molar-refractivity contribution >= 4 is 22.8 Å². The van der Waals surface area contributed by atoms with Crippen molar-refractivity contribution in [1.29, 1.82) is 0 Å². The Labute approximate surface area is 192 Å². The van der Waals surface area contributed by atoms with E-state index < -0.39 is 0 Å². The molecule has 33 heavy (non-hydrogen) atoms. The molecule has 0 saturated carbocycles. The highest BCUT2D eigenvalue weighted by molar-refractivity contribution is 5.78. The number of nitrogens with one attached hydrogen (secondary N) is 1. The van der Waals surface area contributed by atoms with E-state index in [9.17, 15) is 0 Å². The Bertz CT molecular complexity index is 1430. The average Bonchev–Trinajstić information content (AvgIpc) is 3.47. The summed E-state index contributed by atoms with van der Waals surface area (Å²) < 4.78 is 9.24. The van der Waals surface area contributed by atoms with Crippen molar-refractivity contribution in [3.05, 3.63) is 73.3 Å². The van der Waals surface area contributed by atoms with Crippen LogP contribution in [0.25, 0.3) is 28.2 Å². The van der Waals surface area contributed by atoms with Gasteiger partial charge in [-0.05, 0) is 30.3 Å². The van der Waals surface area contributed by atoms with Crippen molar-refractivity contribution in [3.8, 4) is 28.3 Å². The van der Waals surface area contributed by atoms with Crippen LogP contribution >= 0.6 is 0 Å². The predicted molar refractivity (Wildman–Crippen MR) is 131 cm³/mol. The van der Waals surface area contributed by atoms with Gasteiger partial charge in [-0.1, -0.05) is 18.2 Å². The first-order chi connectivity index (χ1) is 16.0. The van der Waals surface area contributed by atoms with Gasteiger partial charge in [0.15, 0.2) is 11.5 Å². The zero-order valence-electron chi connectivity index (χ0n) is 19.0. The Morgan fingerprint density at radius 1 is 0.970 bits per heavy atom. The zero-order chi connectivity index (χ0) is 22.9. The van der Waals surface area contributed by atoms with E-state index in [0.29, 0.717) is 5.82 Å². The highest BCUT2D eigenvalue weighted by atomic mass is 16.5. The van der Waals surface area contributed by atoms with Crippen molar-refractivity contribution in [3.63, 3.8) is 0 Å². The summed E-state index contributed by atoms with van der Waals surface area (Å²) in [6.45, 7) is 0. The Morgan fingerprint density at radius 2 is 1.82 bits per heavy atom. The Balaban J connectivity index is 1.65. The van der Waals surface area contributed by atoms with Crippen molar-refractivity contribution < 1.29 is 4.74 Å². The minimum atomic E-state index is 0.674.